The molecule has 1 heterocycles. The number of para-hydroxylation sites is 1. The number of anilines is 1. The number of amides is 2. The van der Waals surface area contributed by atoms with Crippen molar-refractivity contribution in [2.45, 2.75) is 32.7 Å². The second-order valence-corrected chi connectivity index (χ2v) is 6.96. The highest BCUT2D eigenvalue weighted by Crippen LogP contribution is 2.17. The van der Waals surface area contributed by atoms with E-state index >= 15 is 0 Å². The minimum absolute atomic E-state index is 0.0548. The van der Waals surface area contributed by atoms with Crippen molar-refractivity contribution in [2.75, 3.05) is 11.9 Å². The van der Waals surface area contributed by atoms with E-state index in [1.807, 2.05) is 62.5 Å². The highest BCUT2D eigenvalue weighted by molar-refractivity contribution is 5.97. The van der Waals surface area contributed by atoms with Gasteiger partial charge >= 0.3 is 0 Å². The fraction of sp³-hybridized carbons (Fsp3) is 0.318. The van der Waals surface area contributed by atoms with Crippen LogP contribution in [0.2, 0.25) is 0 Å². The van der Waals surface area contributed by atoms with Crippen molar-refractivity contribution in [3.8, 4) is 0 Å². The average molecular weight is 378 g/mol. The van der Waals surface area contributed by atoms with E-state index in [1.165, 1.54) is 0 Å². The Kier molecular flexibility index (Phi) is 6.09. The zero-order chi connectivity index (χ0) is 20.1. The van der Waals surface area contributed by atoms with E-state index in [2.05, 4.69) is 10.4 Å². The zero-order valence-corrected chi connectivity index (χ0v) is 16.6. The number of hydrogen-bond acceptors (Lipinski definition) is 3. The molecule has 0 saturated carbocycles. The number of aromatic nitrogens is 2. The molecule has 3 aromatic rings. The second-order valence-electron chi connectivity index (χ2n) is 6.96. The predicted octanol–water partition coefficient (Wildman–Crippen LogP) is 3.38. The van der Waals surface area contributed by atoms with Crippen molar-refractivity contribution in [1.82, 2.24) is 14.7 Å². The number of rotatable bonds is 7. The summed E-state index contributed by atoms with van der Waals surface area (Å²) in [4.78, 5) is 27.3. The summed E-state index contributed by atoms with van der Waals surface area (Å²) in [5, 5.41) is 8.13. The number of carbonyl (C=O) groups is 2. The van der Waals surface area contributed by atoms with Crippen molar-refractivity contribution >= 4 is 28.4 Å². The minimum Gasteiger partial charge on any atom is -0.331 e. The Balaban J connectivity index is 1.72. The summed E-state index contributed by atoms with van der Waals surface area (Å²) in [6.07, 6.45) is 2.84. The maximum absolute atomic E-state index is 13.0. The van der Waals surface area contributed by atoms with Crippen LogP contribution in [-0.2, 0) is 23.1 Å². The highest BCUT2D eigenvalue weighted by Gasteiger charge is 2.25. The summed E-state index contributed by atoms with van der Waals surface area (Å²) in [5.41, 5.74) is 2.67. The van der Waals surface area contributed by atoms with Gasteiger partial charge in [-0.25, -0.2) is 0 Å². The van der Waals surface area contributed by atoms with Crippen LogP contribution in [0.5, 0.6) is 0 Å². The Morgan fingerprint density at radius 2 is 1.93 bits per heavy atom. The lowest BCUT2D eigenvalue weighted by Gasteiger charge is -2.28. The third-order valence-electron chi connectivity index (χ3n) is 4.84. The highest BCUT2D eigenvalue weighted by atomic mass is 16.2. The lowest BCUT2D eigenvalue weighted by Crippen LogP contribution is -2.46. The first kappa shape index (κ1) is 19.6. The van der Waals surface area contributed by atoms with Gasteiger partial charge in [0.05, 0.1) is 18.1 Å². The molecule has 1 atom stereocenters. The quantitative estimate of drug-likeness (QED) is 0.685. The smallest absolute Gasteiger partial charge is 0.246 e. The fourth-order valence-electron chi connectivity index (χ4n) is 3.28. The Morgan fingerprint density at radius 3 is 2.64 bits per heavy atom. The maximum atomic E-state index is 13.0. The van der Waals surface area contributed by atoms with Gasteiger partial charge in [0, 0.05) is 24.7 Å². The van der Waals surface area contributed by atoms with E-state index in [1.54, 1.807) is 22.7 Å². The number of nitrogens with zero attached hydrogens (tertiary/aromatic N) is 3. The molecule has 1 unspecified atom stereocenters. The van der Waals surface area contributed by atoms with Crippen LogP contribution < -0.4 is 5.32 Å². The van der Waals surface area contributed by atoms with Gasteiger partial charge in [-0.3, -0.25) is 14.3 Å². The van der Waals surface area contributed by atoms with Crippen LogP contribution >= 0.6 is 0 Å². The van der Waals surface area contributed by atoms with Gasteiger partial charge in [-0.1, -0.05) is 31.2 Å². The Morgan fingerprint density at radius 1 is 1.18 bits per heavy atom. The first-order valence-electron chi connectivity index (χ1n) is 9.55. The lowest BCUT2D eigenvalue weighted by molar-refractivity contribution is -0.137. The zero-order valence-electron chi connectivity index (χ0n) is 16.6. The van der Waals surface area contributed by atoms with Crippen molar-refractivity contribution < 1.29 is 9.59 Å². The van der Waals surface area contributed by atoms with E-state index in [9.17, 15) is 9.59 Å². The van der Waals surface area contributed by atoms with Crippen LogP contribution in [0.25, 0.3) is 10.9 Å². The minimum atomic E-state index is -0.547. The molecule has 1 N–H and O–H groups in total. The third-order valence-corrected chi connectivity index (χ3v) is 4.84. The van der Waals surface area contributed by atoms with Gasteiger partial charge in [0.15, 0.2) is 0 Å². The number of hydrogen-bond donors (Lipinski definition) is 1. The van der Waals surface area contributed by atoms with Crippen LogP contribution in [0.15, 0.2) is 54.7 Å². The average Bonchev–Trinajstić information content (AvgIpc) is 3.06. The molecule has 1 aromatic heterocycles. The molecule has 146 valence electrons. The van der Waals surface area contributed by atoms with Gasteiger partial charge < -0.3 is 10.2 Å². The summed E-state index contributed by atoms with van der Waals surface area (Å²) in [6, 6.07) is 14.6. The normalized spacial score (nSPS) is 12.0. The van der Waals surface area contributed by atoms with E-state index in [4.69, 9.17) is 0 Å². The first-order chi connectivity index (χ1) is 13.5. The van der Waals surface area contributed by atoms with Crippen LogP contribution in [0.1, 0.15) is 25.8 Å². The molecule has 6 nitrogen and oxygen atoms in total. The summed E-state index contributed by atoms with van der Waals surface area (Å²) >= 11 is 0. The van der Waals surface area contributed by atoms with Crippen molar-refractivity contribution in [3.63, 3.8) is 0 Å². The molecule has 0 fully saturated rings. The number of aryl methyl sites for hydroxylation is 1. The van der Waals surface area contributed by atoms with Crippen molar-refractivity contribution in [3.05, 3.63) is 60.3 Å². The number of benzene rings is 2. The Labute approximate surface area is 165 Å². The number of nitrogens with one attached hydrogen (secondary N) is 1. The van der Waals surface area contributed by atoms with Crippen LogP contribution in [0.3, 0.4) is 0 Å². The third kappa shape index (κ3) is 4.39. The van der Waals surface area contributed by atoms with E-state index in [0.717, 1.165) is 28.6 Å². The summed E-state index contributed by atoms with van der Waals surface area (Å²) in [6.45, 7) is 4.32. The Bertz CT molecular complexity index is 965. The monoisotopic (exact) mass is 378 g/mol. The van der Waals surface area contributed by atoms with Crippen molar-refractivity contribution in [1.29, 1.82) is 0 Å². The molecule has 6 heteroatoms. The van der Waals surface area contributed by atoms with Gasteiger partial charge in [0.1, 0.15) is 6.04 Å². The molecule has 0 saturated heterocycles. The van der Waals surface area contributed by atoms with Crippen LogP contribution in [0, 0.1) is 0 Å². The van der Waals surface area contributed by atoms with Gasteiger partial charge in [-0.05, 0) is 43.2 Å². The van der Waals surface area contributed by atoms with E-state index < -0.39 is 6.04 Å². The molecule has 0 aliphatic heterocycles. The molecular formula is C22H26N4O2. The second kappa shape index (κ2) is 8.69. The largest absolute Gasteiger partial charge is 0.331 e. The van der Waals surface area contributed by atoms with Gasteiger partial charge in [0.2, 0.25) is 11.8 Å². The fourth-order valence-corrected chi connectivity index (χ4v) is 3.28. The van der Waals surface area contributed by atoms with Crippen molar-refractivity contribution in [2.24, 2.45) is 7.05 Å². The SMILES string of the molecule is CCCN(C(=O)Cc1ccc2c(cnn2C)c1)C(C)C(=O)Nc1ccccc1. The summed E-state index contributed by atoms with van der Waals surface area (Å²) in [7, 11) is 1.89. The van der Waals surface area contributed by atoms with E-state index in [0.29, 0.717) is 6.54 Å². The van der Waals surface area contributed by atoms with Crippen LogP contribution in [-0.4, -0.2) is 39.1 Å². The molecule has 0 spiro atoms. The molecule has 0 radical (unpaired) electrons. The molecule has 0 aliphatic carbocycles. The molecule has 0 bridgehead atoms. The molecular weight excluding hydrogens is 352 g/mol. The van der Waals surface area contributed by atoms with Gasteiger partial charge in [-0.2, -0.15) is 5.10 Å². The molecule has 3 rings (SSSR count). The first-order valence-corrected chi connectivity index (χ1v) is 9.55. The number of carbonyl (C=O) groups excluding carboxylic acids is 2. The van der Waals surface area contributed by atoms with Crippen LogP contribution in [0.4, 0.5) is 5.69 Å². The number of fused-ring (bicyclic) bond motifs is 1. The molecule has 28 heavy (non-hydrogen) atoms. The van der Waals surface area contributed by atoms with E-state index in [-0.39, 0.29) is 18.2 Å². The summed E-state index contributed by atoms with van der Waals surface area (Å²) < 4.78 is 1.81. The maximum Gasteiger partial charge on any atom is 0.246 e. The topological polar surface area (TPSA) is 67.2 Å². The molecule has 0 aliphatic rings. The molecule has 2 aromatic carbocycles. The standard InChI is InChI=1S/C22H26N4O2/c1-4-12-26(16(2)22(28)24-19-8-6-5-7-9-19)21(27)14-17-10-11-20-18(13-17)15-23-25(20)3/h5-11,13,15-16H,4,12,14H2,1-3H3,(H,24,28). The van der Waals surface area contributed by atoms with Gasteiger partial charge in [-0.15, -0.1) is 0 Å². The molecule has 2 amide bonds. The predicted molar refractivity (Wildman–Crippen MR) is 111 cm³/mol. The summed E-state index contributed by atoms with van der Waals surface area (Å²) in [5.74, 6) is -0.239. The Hall–Kier alpha value is -3.15. The van der Waals surface area contributed by atoms with Gasteiger partial charge in [0.25, 0.3) is 0 Å². The lowest BCUT2D eigenvalue weighted by atomic mass is 10.1.